The summed E-state index contributed by atoms with van der Waals surface area (Å²) in [5, 5.41) is 12.6. The number of hydrogen-bond donors (Lipinski definition) is 2. The highest BCUT2D eigenvalue weighted by molar-refractivity contribution is 7.99. The summed E-state index contributed by atoms with van der Waals surface area (Å²) in [6.45, 7) is 0.840. The Morgan fingerprint density at radius 3 is 2.95 bits per heavy atom. The molecule has 1 aromatic rings. The lowest BCUT2D eigenvalue weighted by Crippen LogP contribution is -2.21. The van der Waals surface area contributed by atoms with Gasteiger partial charge in [0.25, 0.3) is 0 Å². The number of aryl methyl sites for hydroxylation is 2. The number of anilines is 1. The second-order valence-electron chi connectivity index (χ2n) is 5.59. The molecule has 0 radical (unpaired) electrons. The average Bonchev–Trinajstić information content (AvgIpc) is 2.92. The number of carboxylic acid groups (broad SMARTS) is 1. The van der Waals surface area contributed by atoms with E-state index in [9.17, 15) is 9.90 Å². The molecule has 1 aromatic heterocycles. The van der Waals surface area contributed by atoms with Crippen LogP contribution in [0.3, 0.4) is 0 Å². The molecule has 0 aromatic carbocycles. The third-order valence-corrected chi connectivity index (χ3v) is 5.23. The first kappa shape index (κ1) is 13.7. The SMILES string of the molecule is O=C(O)c1cc2c(nc1NCC1CCSCC1)CCC2. The molecule has 2 aliphatic rings. The van der Waals surface area contributed by atoms with Crippen LogP contribution in [0.1, 0.15) is 40.9 Å². The van der Waals surface area contributed by atoms with Gasteiger partial charge in [0.05, 0.1) is 0 Å². The molecule has 0 bridgehead atoms. The van der Waals surface area contributed by atoms with E-state index in [4.69, 9.17) is 0 Å². The van der Waals surface area contributed by atoms with Gasteiger partial charge in [-0.2, -0.15) is 11.8 Å². The van der Waals surface area contributed by atoms with Crippen LogP contribution >= 0.6 is 11.8 Å². The van der Waals surface area contributed by atoms with E-state index < -0.39 is 5.97 Å². The summed E-state index contributed by atoms with van der Waals surface area (Å²) in [4.78, 5) is 16.0. The Balaban J connectivity index is 1.75. The Morgan fingerprint density at radius 2 is 2.20 bits per heavy atom. The number of nitrogens with zero attached hydrogens (tertiary/aromatic N) is 1. The summed E-state index contributed by atoms with van der Waals surface area (Å²) in [6.07, 6.45) is 5.45. The van der Waals surface area contributed by atoms with Crippen molar-refractivity contribution in [2.24, 2.45) is 5.92 Å². The Labute approximate surface area is 123 Å². The van der Waals surface area contributed by atoms with E-state index in [0.29, 0.717) is 17.3 Å². The minimum atomic E-state index is -0.881. The zero-order valence-corrected chi connectivity index (χ0v) is 12.3. The molecule has 1 aliphatic heterocycles. The molecule has 0 atom stereocenters. The van der Waals surface area contributed by atoms with E-state index in [0.717, 1.165) is 37.1 Å². The van der Waals surface area contributed by atoms with E-state index in [1.807, 2.05) is 17.8 Å². The molecule has 3 rings (SSSR count). The molecule has 2 heterocycles. The maximum atomic E-state index is 11.4. The van der Waals surface area contributed by atoms with Crippen molar-refractivity contribution in [3.63, 3.8) is 0 Å². The third kappa shape index (κ3) is 2.92. The highest BCUT2D eigenvalue weighted by atomic mass is 32.2. The van der Waals surface area contributed by atoms with Crippen LogP contribution in [0, 0.1) is 5.92 Å². The van der Waals surface area contributed by atoms with E-state index in [1.54, 1.807) is 0 Å². The normalized spacial score (nSPS) is 18.8. The number of carbonyl (C=O) groups is 1. The molecule has 0 amide bonds. The minimum Gasteiger partial charge on any atom is -0.478 e. The van der Waals surface area contributed by atoms with Gasteiger partial charge in [-0.3, -0.25) is 0 Å². The fourth-order valence-corrected chi connectivity index (χ4v) is 4.17. The van der Waals surface area contributed by atoms with Gasteiger partial charge in [-0.15, -0.1) is 0 Å². The average molecular weight is 292 g/mol. The molecular formula is C15H20N2O2S. The van der Waals surface area contributed by atoms with Gasteiger partial charge >= 0.3 is 5.97 Å². The van der Waals surface area contributed by atoms with Crippen LogP contribution in [0.25, 0.3) is 0 Å². The lowest BCUT2D eigenvalue weighted by Gasteiger charge is -2.22. The molecule has 20 heavy (non-hydrogen) atoms. The standard InChI is InChI=1S/C15H20N2O2S/c18-15(19)12-8-11-2-1-3-13(11)17-14(12)16-9-10-4-6-20-7-5-10/h8,10H,1-7,9H2,(H,16,17)(H,18,19). The minimum absolute atomic E-state index is 0.329. The second kappa shape index (κ2) is 6.04. The lowest BCUT2D eigenvalue weighted by atomic mass is 10.0. The number of hydrogen-bond acceptors (Lipinski definition) is 4. The van der Waals surface area contributed by atoms with Crippen molar-refractivity contribution in [2.75, 3.05) is 23.4 Å². The first-order valence-electron chi connectivity index (χ1n) is 7.32. The summed E-state index contributed by atoms with van der Waals surface area (Å²) < 4.78 is 0. The molecule has 0 spiro atoms. The predicted octanol–water partition coefficient (Wildman–Crippen LogP) is 2.82. The van der Waals surface area contributed by atoms with Crippen LogP contribution in [0.4, 0.5) is 5.82 Å². The van der Waals surface area contributed by atoms with Gasteiger partial charge in [0.15, 0.2) is 0 Å². The molecule has 1 aliphatic carbocycles. The number of thioether (sulfide) groups is 1. The van der Waals surface area contributed by atoms with Gasteiger partial charge in [0.1, 0.15) is 11.4 Å². The number of carboxylic acids is 1. The molecule has 4 nitrogen and oxygen atoms in total. The second-order valence-corrected chi connectivity index (χ2v) is 6.81. The number of fused-ring (bicyclic) bond motifs is 1. The first-order chi connectivity index (χ1) is 9.74. The number of pyridine rings is 1. The number of nitrogens with one attached hydrogen (secondary N) is 1. The number of aromatic carboxylic acids is 1. The molecule has 108 valence electrons. The van der Waals surface area contributed by atoms with E-state index in [1.165, 1.54) is 24.3 Å². The van der Waals surface area contributed by atoms with Gasteiger partial charge in [-0.1, -0.05) is 0 Å². The highest BCUT2D eigenvalue weighted by Crippen LogP contribution is 2.27. The van der Waals surface area contributed by atoms with E-state index >= 15 is 0 Å². The summed E-state index contributed by atoms with van der Waals surface area (Å²) >= 11 is 2.01. The summed E-state index contributed by atoms with van der Waals surface area (Å²) in [6, 6.07) is 1.82. The zero-order valence-electron chi connectivity index (χ0n) is 11.5. The smallest absolute Gasteiger partial charge is 0.339 e. The zero-order chi connectivity index (χ0) is 13.9. The van der Waals surface area contributed by atoms with Crippen LogP contribution in [-0.4, -0.2) is 34.1 Å². The fraction of sp³-hybridized carbons (Fsp3) is 0.600. The van der Waals surface area contributed by atoms with Crippen LogP contribution in [0.5, 0.6) is 0 Å². The predicted molar refractivity (Wildman–Crippen MR) is 81.8 cm³/mol. The summed E-state index contributed by atoms with van der Waals surface area (Å²) in [5.41, 5.74) is 2.52. The third-order valence-electron chi connectivity index (χ3n) is 4.18. The van der Waals surface area contributed by atoms with Crippen molar-refractivity contribution in [3.8, 4) is 0 Å². The first-order valence-corrected chi connectivity index (χ1v) is 8.47. The van der Waals surface area contributed by atoms with Crippen LogP contribution in [0.2, 0.25) is 0 Å². The van der Waals surface area contributed by atoms with E-state index in [2.05, 4.69) is 10.3 Å². The maximum absolute atomic E-state index is 11.4. The quantitative estimate of drug-likeness (QED) is 0.893. The molecule has 0 saturated carbocycles. The molecule has 5 heteroatoms. The fourth-order valence-electron chi connectivity index (χ4n) is 2.96. The molecule has 1 saturated heterocycles. The van der Waals surface area contributed by atoms with Gasteiger partial charge in [0, 0.05) is 12.2 Å². The largest absolute Gasteiger partial charge is 0.478 e. The monoisotopic (exact) mass is 292 g/mol. The number of rotatable bonds is 4. The Morgan fingerprint density at radius 1 is 1.40 bits per heavy atom. The molecule has 0 unspecified atom stereocenters. The van der Waals surface area contributed by atoms with Gasteiger partial charge in [-0.05, 0) is 61.2 Å². The Bertz CT molecular complexity index is 513. The van der Waals surface area contributed by atoms with Crippen molar-refractivity contribution in [1.29, 1.82) is 0 Å². The van der Waals surface area contributed by atoms with Gasteiger partial charge < -0.3 is 10.4 Å². The van der Waals surface area contributed by atoms with Crippen molar-refractivity contribution in [1.82, 2.24) is 4.98 Å². The van der Waals surface area contributed by atoms with Crippen molar-refractivity contribution in [2.45, 2.75) is 32.1 Å². The van der Waals surface area contributed by atoms with Crippen LogP contribution in [0.15, 0.2) is 6.07 Å². The molecule has 1 fully saturated rings. The van der Waals surface area contributed by atoms with Crippen LogP contribution in [-0.2, 0) is 12.8 Å². The summed E-state index contributed by atoms with van der Waals surface area (Å²) in [7, 11) is 0. The Hall–Kier alpha value is -1.23. The molecule has 2 N–H and O–H groups in total. The van der Waals surface area contributed by atoms with Gasteiger partial charge in [-0.25, -0.2) is 9.78 Å². The Kier molecular flexibility index (Phi) is 4.15. The highest BCUT2D eigenvalue weighted by Gasteiger charge is 2.21. The lowest BCUT2D eigenvalue weighted by molar-refractivity contribution is 0.0697. The van der Waals surface area contributed by atoms with Crippen molar-refractivity contribution >= 4 is 23.5 Å². The van der Waals surface area contributed by atoms with Crippen LogP contribution < -0.4 is 5.32 Å². The van der Waals surface area contributed by atoms with Crippen molar-refractivity contribution in [3.05, 3.63) is 22.9 Å². The number of aromatic nitrogens is 1. The summed E-state index contributed by atoms with van der Waals surface area (Å²) in [5.74, 6) is 2.77. The topological polar surface area (TPSA) is 62.2 Å². The van der Waals surface area contributed by atoms with Crippen molar-refractivity contribution < 1.29 is 9.90 Å². The maximum Gasteiger partial charge on any atom is 0.339 e. The van der Waals surface area contributed by atoms with E-state index in [-0.39, 0.29) is 0 Å². The van der Waals surface area contributed by atoms with Gasteiger partial charge in [0.2, 0.25) is 0 Å². The molecular weight excluding hydrogens is 272 g/mol.